The number of aromatic nitrogens is 1. The zero-order valence-corrected chi connectivity index (χ0v) is 19.8. The van der Waals surface area contributed by atoms with E-state index >= 15 is 0 Å². The molecule has 4 N–H and O–H groups in total. The molecule has 0 fully saturated rings. The van der Waals surface area contributed by atoms with Crippen molar-refractivity contribution in [2.45, 2.75) is 33.9 Å². The second kappa shape index (κ2) is 9.65. The van der Waals surface area contributed by atoms with Crippen LogP contribution in [-0.4, -0.2) is 42.2 Å². The summed E-state index contributed by atoms with van der Waals surface area (Å²) in [6.45, 7) is 8.30. The van der Waals surface area contributed by atoms with Gasteiger partial charge in [-0.25, -0.2) is 9.78 Å². The van der Waals surface area contributed by atoms with Gasteiger partial charge in [0.25, 0.3) is 5.91 Å². The molecule has 3 rings (SSSR count). The van der Waals surface area contributed by atoms with Crippen molar-refractivity contribution >= 4 is 49.9 Å². The third-order valence-corrected chi connectivity index (χ3v) is 6.03. The van der Waals surface area contributed by atoms with Crippen LogP contribution in [-0.2, 0) is 4.79 Å². The summed E-state index contributed by atoms with van der Waals surface area (Å²) < 4.78 is 32.7. The molecule has 3 aromatic rings. The fourth-order valence-electron chi connectivity index (χ4n) is 3.42. The minimum Gasteiger partial charge on any atom is -0.475 e. The molecule has 0 saturated carbocycles. The Morgan fingerprint density at radius 2 is 1.58 bits per heavy atom. The highest BCUT2D eigenvalue weighted by molar-refractivity contribution is 7.22. The Kier molecular flexibility index (Phi) is 7.58. The number of carbonyl (C=O) groups excluding carboxylic acids is 1. The molecule has 0 aliphatic rings. The monoisotopic (exact) mass is 482 g/mol. The van der Waals surface area contributed by atoms with Gasteiger partial charge in [0.05, 0.1) is 10.2 Å². The van der Waals surface area contributed by atoms with Crippen molar-refractivity contribution in [2.75, 3.05) is 30.0 Å². The lowest BCUT2D eigenvalue weighted by atomic mass is 9.95. The highest BCUT2D eigenvalue weighted by Gasteiger charge is 2.38. The molecule has 0 aliphatic carbocycles. The molecule has 0 radical (unpaired) electrons. The Bertz CT molecular complexity index is 1190. The maximum absolute atomic E-state index is 12.8. The first kappa shape index (κ1) is 25.9. The lowest BCUT2D eigenvalue weighted by molar-refractivity contribution is -0.192. The molecule has 0 aliphatic heterocycles. The maximum Gasteiger partial charge on any atom is 0.490 e. The fraction of sp³-hybridized carbons (Fsp3) is 0.318. The number of anilines is 3. The number of thiazole rings is 1. The standard InChI is InChI=1S/C20H24N4OS.C2HF3O2/c1-10-12(3)18(24(5)6)13(4)11(2)17(10)23-19(25)14-7-8-15-16(9-14)26-20(21)22-15;3-2(4,5)1(6)7/h7-9H,1-6H3,(H2,21,22)(H,23,25);(H,6,7). The van der Waals surface area contributed by atoms with E-state index in [-0.39, 0.29) is 5.91 Å². The highest BCUT2D eigenvalue weighted by atomic mass is 32.1. The molecule has 11 heteroatoms. The van der Waals surface area contributed by atoms with E-state index in [4.69, 9.17) is 15.6 Å². The third-order valence-electron chi connectivity index (χ3n) is 5.18. The topological polar surface area (TPSA) is 109 Å². The number of fused-ring (bicyclic) bond motifs is 1. The summed E-state index contributed by atoms with van der Waals surface area (Å²) in [4.78, 5) is 28.1. The van der Waals surface area contributed by atoms with Gasteiger partial charge >= 0.3 is 12.1 Å². The number of hydrogen-bond donors (Lipinski definition) is 3. The molecule has 0 atom stereocenters. The average molecular weight is 483 g/mol. The Labute approximate surface area is 193 Å². The Balaban J connectivity index is 0.000000479. The zero-order valence-electron chi connectivity index (χ0n) is 19.0. The van der Waals surface area contributed by atoms with Gasteiger partial charge in [0.15, 0.2) is 5.13 Å². The van der Waals surface area contributed by atoms with E-state index in [1.807, 2.05) is 26.2 Å². The summed E-state index contributed by atoms with van der Waals surface area (Å²) in [6, 6.07) is 5.47. The van der Waals surface area contributed by atoms with Crippen LogP contribution in [0.25, 0.3) is 10.2 Å². The molecule has 178 valence electrons. The smallest absolute Gasteiger partial charge is 0.475 e. The number of carboxylic acids is 1. The predicted octanol–water partition coefficient (Wildman–Crippen LogP) is 5.06. The van der Waals surface area contributed by atoms with E-state index in [1.54, 1.807) is 6.07 Å². The number of nitrogen functional groups attached to an aromatic ring is 1. The molecule has 1 amide bonds. The van der Waals surface area contributed by atoms with Crippen LogP contribution in [0.15, 0.2) is 18.2 Å². The van der Waals surface area contributed by atoms with Crippen molar-refractivity contribution in [3.63, 3.8) is 0 Å². The summed E-state index contributed by atoms with van der Waals surface area (Å²) in [5, 5.41) is 10.7. The minimum atomic E-state index is -5.08. The minimum absolute atomic E-state index is 0.124. The number of nitrogens with two attached hydrogens (primary N) is 1. The van der Waals surface area contributed by atoms with Crippen LogP contribution in [0.4, 0.5) is 29.7 Å². The van der Waals surface area contributed by atoms with Crippen LogP contribution in [0.1, 0.15) is 32.6 Å². The maximum atomic E-state index is 12.8. The van der Waals surface area contributed by atoms with Crippen molar-refractivity contribution in [3.8, 4) is 0 Å². The number of carbonyl (C=O) groups is 2. The van der Waals surface area contributed by atoms with Gasteiger partial charge in [-0.05, 0) is 68.1 Å². The molecule has 7 nitrogen and oxygen atoms in total. The second-order valence-corrected chi connectivity index (χ2v) is 8.67. The van der Waals surface area contributed by atoms with Crippen LogP contribution in [0.3, 0.4) is 0 Å². The van der Waals surface area contributed by atoms with Gasteiger partial charge in [0.1, 0.15) is 0 Å². The van der Waals surface area contributed by atoms with Gasteiger partial charge in [-0.15, -0.1) is 0 Å². The first-order valence-corrected chi connectivity index (χ1v) is 10.5. The van der Waals surface area contributed by atoms with Gasteiger partial charge in [-0.3, -0.25) is 4.79 Å². The normalized spacial score (nSPS) is 11.1. The van der Waals surface area contributed by atoms with Gasteiger partial charge < -0.3 is 21.1 Å². The van der Waals surface area contributed by atoms with E-state index in [0.29, 0.717) is 10.7 Å². The Hall–Kier alpha value is -3.34. The zero-order chi connectivity index (χ0) is 25.2. The summed E-state index contributed by atoms with van der Waals surface area (Å²) in [6.07, 6.45) is -5.08. The molecule has 1 heterocycles. The second-order valence-electron chi connectivity index (χ2n) is 7.61. The van der Waals surface area contributed by atoms with Gasteiger partial charge in [-0.1, -0.05) is 11.3 Å². The molecular formula is C22H25F3N4O3S. The number of hydrogen-bond acceptors (Lipinski definition) is 6. The van der Waals surface area contributed by atoms with Crippen LogP contribution >= 0.6 is 11.3 Å². The van der Waals surface area contributed by atoms with Crippen molar-refractivity contribution in [1.29, 1.82) is 0 Å². The Morgan fingerprint density at radius 3 is 2.03 bits per heavy atom. The predicted molar refractivity (Wildman–Crippen MR) is 125 cm³/mol. The molecule has 0 spiro atoms. The van der Waals surface area contributed by atoms with Crippen molar-refractivity contribution in [3.05, 3.63) is 46.0 Å². The highest BCUT2D eigenvalue weighted by Crippen LogP contribution is 2.36. The van der Waals surface area contributed by atoms with E-state index in [2.05, 4.69) is 42.9 Å². The number of rotatable bonds is 3. The largest absolute Gasteiger partial charge is 0.490 e. The first-order chi connectivity index (χ1) is 15.1. The van der Waals surface area contributed by atoms with Crippen LogP contribution in [0, 0.1) is 27.7 Å². The lowest BCUT2D eigenvalue weighted by Crippen LogP contribution is -2.21. The van der Waals surface area contributed by atoms with Crippen LogP contribution < -0.4 is 16.0 Å². The number of nitrogens with zero attached hydrogens (tertiary/aromatic N) is 2. The van der Waals surface area contributed by atoms with Gasteiger partial charge in [0.2, 0.25) is 0 Å². The summed E-state index contributed by atoms with van der Waals surface area (Å²) in [5.74, 6) is -2.88. The molecule has 2 aromatic carbocycles. The fourth-order valence-corrected chi connectivity index (χ4v) is 4.19. The third kappa shape index (κ3) is 5.72. The number of carboxylic acid groups (broad SMARTS) is 1. The van der Waals surface area contributed by atoms with E-state index in [0.717, 1.165) is 27.0 Å². The SMILES string of the molecule is Cc1c(C)c(N(C)C)c(C)c(C)c1NC(=O)c1ccc2nc(N)sc2c1.O=C(O)C(F)(F)F. The summed E-state index contributed by atoms with van der Waals surface area (Å²) in [5.41, 5.74) is 13.8. The number of halogens is 3. The van der Waals surface area contributed by atoms with E-state index < -0.39 is 12.1 Å². The van der Waals surface area contributed by atoms with Crippen LogP contribution in [0.2, 0.25) is 0 Å². The average Bonchev–Trinajstić information content (AvgIpc) is 3.08. The van der Waals surface area contributed by atoms with Crippen LogP contribution in [0.5, 0.6) is 0 Å². The molecule has 0 unspecified atom stereocenters. The molecule has 1 aromatic heterocycles. The number of aliphatic carboxylic acids is 1. The van der Waals surface area contributed by atoms with Gasteiger partial charge in [-0.2, -0.15) is 13.2 Å². The van der Waals surface area contributed by atoms with Gasteiger partial charge in [0, 0.05) is 31.0 Å². The summed E-state index contributed by atoms with van der Waals surface area (Å²) >= 11 is 1.39. The molecule has 0 saturated heterocycles. The summed E-state index contributed by atoms with van der Waals surface area (Å²) in [7, 11) is 4.09. The molecule has 0 bridgehead atoms. The van der Waals surface area contributed by atoms with E-state index in [9.17, 15) is 18.0 Å². The van der Waals surface area contributed by atoms with Crippen molar-refractivity contribution < 1.29 is 27.9 Å². The number of nitrogens with one attached hydrogen (secondary N) is 1. The lowest BCUT2D eigenvalue weighted by Gasteiger charge is -2.25. The number of amides is 1. The van der Waals surface area contributed by atoms with E-state index in [1.165, 1.54) is 28.2 Å². The van der Waals surface area contributed by atoms with Crippen molar-refractivity contribution in [1.82, 2.24) is 4.98 Å². The number of benzene rings is 2. The quantitative estimate of drug-likeness (QED) is 0.481. The molecule has 33 heavy (non-hydrogen) atoms. The van der Waals surface area contributed by atoms with Crippen molar-refractivity contribution in [2.24, 2.45) is 0 Å². The number of alkyl halides is 3. The Morgan fingerprint density at radius 1 is 1.06 bits per heavy atom. The molecular weight excluding hydrogens is 457 g/mol. The first-order valence-electron chi connectivity index (χ1n) is 9.70.